The van der Waals surface area contributed by atoms with Crippen molar-refractivity contribution in [3.63, 3.8) is 0 Å². The molecule has 3 heteroatoms. The highest BCUT2D eigenvalue weighted by Gasteiger charge is 2.64. The summed E-state index contributed by atoms with van der Waals surface area (Å²) in [7, 11) is 0. The largest absolute Gasteiger partial charge is 0.392 e. The van der Waals surface area contributed by atoms with Crippen molar-refractivity contribution in [3.8, 4) is 0 Å². The topological polar surface area (TPSA) is 26.7 Å². The first-order valence-corrected chi connectivity index (χ1v) is 6.52. The van der Waals surface area contributed by atoms with Crippen LogP contribution in [0.3, 0.4) is 0 Å². The molecule has 3 nitrogen and oxygen atoms in total. The molecule has 0 aliphatic carbocycles. The van der Waals surface area contributed by atoms with Crippen molar-refractivity contribution >= 4 is 0 Å². The van der Waals surface area contributed by atoms with Gasteiger partial charge in [0.15, 0.2) is 0 Å². The Hall–Kier alpha value is -0.120. The van der Waals surface area contributed by atoms with Crippen molar-refractivity contribution in [1.29, 1.82) is 0 Å². The summed E-state index contributed by atoms with van der Waals surface area (Å²) in [6.45, 7) is 13.4. The minimum Gasteiger partial charge on any atom is -0.392 e. The number of aliphatic hydroxyl groups is 1. The summed E-state index contributed by atoms with van der Waals surface area (Å²) < 4.78 is 0. The normalized spacial score (nSPS) is 57.9. The van der Waals surface area contributed by atoms with Crippen LogP contribution in [0.5, 0.6) is 0 Å². The van der Waals surface area contributed by atoms with Gasteiger partial charge in [0.05, 0.1) is 11.8 Å². The van der Waals surface area contributed by atoms with Gasteiger partial charge in [0.1, 0.15) is 0 Å². The van der Waals surface area contributed by atoms with Gasteiger partial charge in [0.2, 0.25) is 0 Å². The Bertz CT molecular complexity index is 308. The first-order chi connectivity index (χ1) is 7.34. The van der Waals surface area contributed by atoms with E-state index in [1.807, 2.05) is 0 Å². The predicted octanol–water partition coefficient (Wildman–Crippen LogP) is 1.13. The third kappa shape index (κ3) is 1.05. The van der Waals surface area contributed by atoms with Gasteiger partial charge in [-0.2, -0.15) is 0 Å². The van der Waals surface area contributed by atoms with Crippen LogP contribution in [0.15, 0.2) is 0 Å². The first-order valence-electron chi connectivity index (χ1n) is 6.52. The van der Waals surface area contributed by atoms with Crippen molar-refractivity contribution in [2.24, 2.45) is 10.8 Å². The quantitative estimate of drug-likeness (QED) is 0.723. The minimum atomic E-state index is -0.117. The van der Waals surface area contributed by atoms with E-state index in [1.165, 1.54) is 0 Å². The van der Waals surface area contributed by atoms with Crippen molar-refractivity contribution in [3.05, 3.63) is 0 Å². The van der Waals surface area contributed by atoms with Gasteiger partial charge in [0, 0.05) is 37.0 Å². The van der Waals surface area contributed by atoms with Crippen LogP contribution < -0.4 is 0 Å². The van der Waals surface area contributed by atoms with E-state index in [0.717, 1.165) is 32.6 Å². The smallest absolute Gasteiger partial charge is 0.0698 e. The van der Waals surface area contributed by atoms with E-state index in [9.17, 15) is 5.11 Å². The van der Waals surface area contributed by atoms with Crippen molar-refractivity contribution in [2.75, 3.05) is 26.2 Å². The Morgan fingerprint density at radius 3 is 2.00 bits per heavy atom. The van der Waals surface area contributed by atoms with Crippen LogP contribution in [-0.2, 0) is 0 Å². The van der Waals surface area contributed by atoms with E-state index in [-0.39, 0.29) is 22.6 Å². The molecule has 4 aliphatic rings. The van der Waals surface area contributed by atoms with Gasteiger partial charge < -0.3 is 5.11 Å². The standard InChI is InChI=1S/C13H24N2O/c1-5-13-8-14-6-12(4,10(13)16)7-15(9-13)11(14,2)3/h10,16H,5-9H2,1-4H3/t10-,12?,13?/m1/s1. The molecule has 4 fully saturated rings. The van der Waals surface area contributed by atoms with Crippen LogP contribution >= 0.6 is 0 Å². The number of nitrogens with zero attached hydrogens (tertiary/aromatic N) is 2. The summed E-state index contributed by atoms with van der Waals surface area (Å²) >= 11 is 0. The fourth-order valence-electron chi connectivity index (χ4n) is 4.32. The minimum absolute atomic E-state index is 0.0853. The van der Waals surface area contributed by atoms with E-state index in [4.69, 9.17) is 0 Å². The number of rotatable bonds is 1. The monoisotopic (exact) mass is 224 g/mol. The molecule has 0 aromatic heterocycles. The molecule has 4 saturated heterocycles. The molecule has 3 atom stereocenters. The molecule has 0 radical (unpaired) electrons. The molecular formula is C13H24N2O. The third-order valence-electron chi connectivity index (χ3n) is 5.61. The van der Waals surface area contributed by atoms with Gasteiger partial charge in [-0.25, -0.2) is 0 Å². The maximum Gasteiger partial charge on any atom is 0.0698 e. The lowest BCUT2D eigenvalue weighted by Crippen LogP contribution is -2.83. The van der Waals surface area contributed by atoms with Crippen LogP contribution in [0.25, 0.3) is 0 Å². The van der Waals surface area contributed by atoms with Crippen molar-refractivity contribution in [1.82, 2.24) is 9.80 Å². The molecule has 0 spiro atoms. The fourth-order valence-corrected chi connectivity index (χ4v) is 4.32. The molecule has 4 heterocycles. The maximum atomic E-state index is 10.7. The molecule has 4 bridgehead atoms. The van der Waals surface area contributed by atoms with Gasteiger partial charge in [-0.3, -0.25) is 9.80 Å². The first kappa shape index (κ1) is 11.0. The van der Waals surface area contributed by atoms with Crippen molar-refractivity contribution in [2.45, 2.75) is 45.9 Å². The molecule has 16 heavy (non-hydrogen) atoms. The zero-order chi connectivity index (χ0) is 11.8. The summed E-state index contributed by atoms with van der Waals surface area (Å²) in [5, 5.41) is 10.7. The zero-order valence-corrected chi connectivity index (χ0v) is 11.0. The van der Waals surface area contributed by atoms with E-state index in [1.54, 1.807) is 0 Å². The Labute approximate surface area is 98.4 Å². The van der Waals surface area contributed by atoms with Crippen LogP contribution in [0.1, 0.15) is 34.1 Å². The lowest BCUT2D eigenvalue weighted by Gasteiger charge is -2.72. The Morgan fingerprint density at radius 2 is 1.56 bits per heavy atom. The molecule has 4 rings (SSSR count). The molecule has 0 aromatic carbocycles. The van der Waals surface area contributed by atoms with Gasteiger partial charge >= 0.3 is 0 Å². The Morgan fingerprint density at radius 1 is 1.06 bits per heavy atom. The SMILES string of the molecule is CCC12CN3CC(C)(CN(C1)C3(C)C)[C@H]2O. The fraction of sp³-hybridized carbons (Fsp3) is 1.00. The van der Waals surface area contributed by atoms with Gasteiger partial charge in [-0.15, -0.1) is 0 Å². The van der Waals surface area contributed by atoms with E-state index in [2.05, 4.69) is 37.5 Å². The Kier molecular flexibility index (Phi) is 1.94. The highest BCUT2D eigenvalue weighted by Crippen LogP contribution is 2.54. The summed E-state index contributed by atoms with van der Waals surface area (Å²) in [5.41, 5.74) is 0.404. The van der Waals surface area contributed by atoms with Gasteiger partial charge in [-0.05, 0) is 20.3 Å². The highest BCUT2D eigenvalue weighted by molar-refractivity contribution is 5.16. The molecule has 0 saturated carbocycles. The third-order valence-corrected chi connectivity index (χ3v) is 5.61. The molecule has 0 amide bonds. The lowest BCUT2D eigenvalue weighted by atomic mass is 9.58. The molecule has 92 valence electrons. The maximum absolute atomic E-state index is 10.7. The Balaban J connectivity index is 2.05. The molecule has 2 unspecified atom stereocenters. The summed E-state index contributed by atoms with van der Waals surface area (Å²) in [4.78, 5) is 5.16. The van der Waals surface area contributed by atoms with Crippen LogP contribution in [0.2, 0.25) is 0 Å². The lowest BCUT2D eigenvalue weighted by molar-refractivity contribution is -0.283. The average molecular weight is 224 g/mol. The van der Waals surface area contributed by atoms with E-state index in [0.29, 0.717) is 0 Å². The summed E-state index contributed by atoms with van der Waals surface area (Å²) in [6.07, 6.45) is 0.973. The number of aliphatic hydroxyl groups excluding tert-OH is 1. The van der Waals surface area contributed by atoms with Gasteiger partial charge in [0.25, 0.3) is 0 Å². The average Bonchev–Trinajstić information content (AvgIpc) is 2.19. The zero-order valence-electron chi connectivity index (χ0n) is 11.0. The second-order valence-corrected chi connectivity index (χ2v) is 6.98. The molecule has 0 aromatic rings. The van der Waals surface area contributed by atoms with E-state index >= 15 is 0 Å². The van der Waals surface area contributed by atoms with E-state index < -0.39 is 0 Å². The van der Waals surface area contributed by atoms with Gasteiger partial charge in [-0.1, -0.05) is 13.8 Å². The second-order valence-electron chi connectivity index (χ2n) is 6.98. The van der Waals surface area contributed by atoms with Crippen molar-refractivity contribution < 1.29 is 5.11 Å². The highest BCUT2D eigenvalue weighted by atomic mass is 16.3. The number of hydrogen-bond donors (Lipinski definition) is 1. The predicted molar refractivity (Wildman–Crippen MR) is 64.1 cm³/mol. The molecule has 1 N–H and O–H groups in total. The molecule has 4 aliphatic heterocycles. The number of piperidine rings is 2. The van der Waals surface area contributed by atoms with Crippen LogP contribution in [-0.4, -0.2) is 52.9 Å². The number of hydrogen-bond acceptors (Lipinski definition) is 3. The van der Waals surface area contributed by atoms with Crippen LogP contribution in [0, 0.1) is 10.8 Å². The molecular weight excluding hydrogens is 200 g/mol. The summed E-state index contributed by atoms with van der Waals surface area (Å²) in [5.74, 6) is 0. The summed E-state index contributed by atoms with van der Waals surface area (Å²) in [6, 6.07) is 0. The second kappa shape index (κ2) is 2.82. The van der Waals surface area contributed by atoms with Crippen LogP contribution in [0.4, 0.5) is 0 Å².